The van der Waals surface area contributed by atoms with Gasteiger partial charge in [-0.3, -0.25) is 0 Å². The van der Waals surface area contributed by atoms with Crippen molar-refractivity contribution >= 4 is 16.5 Å². The highest BCUT2D eigenvalue weighted by Crippen LogP contribution is 2.29. The van der Waals surface area contributed by atoms with Crippen LogP contribution in [0.4, 0.5) is 5.13 Å². The first-order valence-corrected chi connectivity index (χ1v) is 6.05. The summed E-state index contributed by atoms with van der Waals surface area (Å²) in [5.41, 5.74) is 0.798. The van der Waals surface area contributed by atoms with Crippen molar-refractivity contribution in [1.29, 1.82) is 0 Å². The van der Waals surface area contributed by atoms with E-state index < -0.39 is 0 Å². The van der Waals surface area contributed by atoms with Crippen LogP contribution in [-0.4, -0.2) is 22.7 Å². The molecule has 1 atom stereocenters. The van der Waals surface area contributed by atoms with Gasteiger partial charge in [0.1, 0.15) is 0 Å². The number of thiazole rings is 1. The van der Waals surface area contributed by atoms with Crippen molar-refractivity contribution in [2.75, 3.05) is 11.4 Å². The molecule has 1 aliphatic rings. The lowest BCUT2D eigenvalue weighted by Gasteiger charge is -2.22. The van der Waals surface area contributed by atoms with Crippen LogP contribution in [0, 0.1) is 0 Å². The van der Waals surface area contributed by atoms with Crippen LogP contribution < -0.4 is 4.90 Å². The standard InChI is InChI=1S/C10H16N2OS/c1-2-9-4-3-5-12(9)10-11-8(6-13)7-14-10/h7,9,13H,2-6H2,1H3. The molecule has 14 heavy (non-hydrogen) atoms. The van der Waals surface area contributed by atoms with Crippen molar-refractivity contribution in [2.24, 2.45) is 0 Å². The van der Waals surface area contributed by atoms with Crippen LogP contribution in [0.1, 0.15) is 31.9 Å². The molecule has 3 nitrogen and oxygen atoms in total. The van der Waals surface area contributed by atoms with Gasteiger partial charge >= 0.3 is 0 Å². The zero-order chi connectivity index (χ0) is 9.97. The van der Waals surface area contributed by atoms with Crippen LogP contribution in [0.3, 0.4) is 0 Å². The first-order valence-electron chi connectivity index (χ1n) is 5.17. The third-order valence-corrected chi connectivity index (χ3v) is 3.72. The van der Waals surface area contributed by atoms with Gasteiger partial charge in [0.05, 0.1) is 12.3 Å². The molecule has 0 bridgehead atoms. The Morgan fingerprint density at radius 2 is 2.57 bits per heavy atom. The van der Waals surface area contributed by atoms with Crippen molar-refractivity contribution in [3.63, 3.8) is 0 Å². The SMILES string of the molecule is CCC1CCCN1c1nc(CO)cs1. The van der Waals surface area contributed by atoms with Gasteiger partial charge in [-0.05, 0) is 19.3 Å². The van der Waals surface area contributed by atoms with Gasteiger partial charge in [-0.25, -0.2) is 4.98 Å². The predicted molar refractivity (Wildman–Crippen MR) is 58.7 cm³/mol. The molecule has 2 heterocycles. The summed E-state index contributed by atoms with van der Waals surface area (Å²) >= 11 is 1.65. The summed E-state index contributed by atoms with van der Waals surface area (Å²) in [6.45, 7) is 3.40. The van der Waals surface area contributed by atoms with E-state index in [1.54, 1.807) is 11.3 Å². The third-order valence-electron chi connectivity index (χ3n) is 2.80. The molecular formula is C10H16N2OS. The number of nitrogens with zero attached hydrogens (tertiary/aromatic N) is 2. The van der Waals surface area contributed by atoms with E-state index in [9.17, 15) is 0 Å². The van der Waals surface area contributed by atoms with Crippen molar-refractivity contribution in [2.45, 2.75) is 38.8 Å². The van der Waals surface area contributed by atoms with Crippen LogP contribution in [0.2, 0.25) is 0 Å². The van der Waals surface area contributed by atoms with Crippen LogP contribution in [0.25, 0.3) is 0 Å². The highest BCUT2D eigenvalue weighted by molar-refractivity contribution is 7.13. The van der Waals surface area contributed by atoms with E-state index in [0.717, 1.165) is 17.4 Å². The minimum atomic E-state index is 0.0567. The normalized spacial score (nSPS) is 21.9. The first-order chi connectivity index (χ1) is 6.85. The van der Waals surface area contributed by atoms with Gasteiger partial charge < -0.3 is 10.0 Å². The van der Waals surface area contributed by atoms with E-state index in [2.05, 4.69) is 16.8 Å². The summed E-state index contributed by atoms with van der Waals surface area (Å²) in [5, 5.41) is 12.0. The molecule has 1 N–H and O–H groups in total. The van der Waals surface area contributed by atoms with Crippen LogP contribution in [0.5, 0.6) is 0 Å². The zero-order valence-corrected chi connectivity index (χ0v) is 9.26. The Bertz CT molecular complexity index is 300. The zero-order valence-electron chi connectivity index (χ0n) is 8.44. The largest absolute Gasteiger partial charge is 0.390 e. The summed E-state index contributed by atoms with van der Waals surface area (Å²) in [6.07, 6.45) is 3.74. The van der Waals surface area contributed by atoms with Crippen molar-refractivity contribution in [3.05, 3.63) is 11.1 Å². The van der Waals surface area contributed by atoms with E-state index >= 15 is 0 Å². The molecule has 0 spiro atoms. The van der Waals surface area contributed by atoms with Crippen LogP contribution in [-0.2, 0) is 6.61 Å². The Morgan fingerprint density at radius 3 is 3.21 bits per heavy atom. The summed E-state index contributed by atoms with van der Waals surface area (Å²) in [4.78, 5) is 6.78. The van der Waals surface area contributed by atoms with Gasteiger partial charge in [0, 0.05) is 18.0 Å². The van der Waals surface area contributed by atoms with E-state index in [1.165, 1.54) is 19.3 Å². The third kappa shape index (κ3) is 1.77. The van der Waals surface area contributed by atoms with Crippen LogP contribution >= 0.6 is 11.3 Å². The van der Waals surface area contributed by atoms with Crippen LogP contribution in [0.15, 0.2) is 5.38 Å². The quantitative estimate of drug-likeness (QED) is 0.832. The second-order valence-electron chi connectivity index (χ2n) is 3.68. The lowest BCUT2D eigenvalue weighted by Crippen LogP contribution is -2.28. The summed E-state index contributed by atoms with van der Waals surface area (Å²) < 4.78 is 0. The number of aliphatic hydroxyl groups excluding tert-OH is 1. The van der Waals surface area contributed by atoms with E-state index in [1.807, 2.05) is 5.38 Å². The molecule has 0 aliphatic carbocycles. The highest BCUT2D eigenvalue weighted by atomic mass is 32.1. The Labute approximate surface area is 88.4 Å². The molecule has 1 aromatic rings. The van der Waals surface area contributed by atoms with Gasteiger partial charge in [0.2, 0.25) is 0 Å². The average molecular weight is 212 g/mol. The first kappa shape index (κ1) is 9.93. The molecule has 0 saturated carbocycles. The predicted octanol–water partition coefficient (Wildman–Crippen LogP) is 2.01. The molecule has 4 heteroatoms. The fraction of sp³-hybridized carbons (Fsp3) is 0.700. The Hall–Kier alpha value is -0.610. The van der Waals surface area contributed by atoms with E-state index in [4.69, 9.17) is 5.11 Å². The topological polar surface area (TPSA) is 36.4 Å². The summed E-state index contributed by atoms with van der Waals surface area (Å²) in [7, 11) is 0. The number of aromatic nitrogens is 1. The maximum atomic E-state index is 8.94. The van der Waals surface area contributed by atoms with Gasteiger partial charge in [0.25, 0.3) is 0 Å². The number of rotatable bonds is 3. The number of aliphatic hydroxyl groups is 1. The lowest BCUT2D eigenvalue weighted by molar-refractivity contribution is 0.277. The van der Waals surface area contributed by atoms with Gasteiger partial charge in [-0.2, -0.15) is 0 Å². The molecule has 0 amide bonds. The molecule has 1 saturated heterocycles. The molecule has 1 fully saturated rings. The van der Waals surface area contributed by atoms with Crippen molar-refractivity contribution < 1.29 is 5.11 Å². The summed E-state index contributed by atoms with van der Waals surface area (Å²) in [6, 6.07) is 0.660. The van der Waals surface area contributed by atoms with Gasteiger partial charge in [-0.15, -0.1) is 11.3 Å². The Balaban J connectivity index is 2.13. The fourth-order valence-corrected chi connectivity index (χ4v) is 2.93. The molecule has 1 aromatic heterocycles. The molecule has 1 aliphatic heterocycles. The maximum absolute atomic E-state index is 8.94. The van der Waals surface area contributed by atoms with Gasteiger partial charge in [0.15, 0.2) is 5.13 Å². The second-order valence-corrected chi connectivity index (χ2v) is 4.51. The minimum absolute atomic E-state index is 0.0567. The average Bonchev–Trinajstić information content (AvgIpc) is 2.85. The molecular weight excluding hydrogens is 196 g/mol. The van der Waals surface area contributed by atoms with E-state index in [0.29, 0.717) is 6.04 Å². The molecule has 2 rings (SSSR count). The molecule has 0 aromatic carbocycles. The number of hydrogen-bond donors (Lipinski definition) is 1. The maximum Gasteiger partial charge on any atom is 0.185 e. The Morgan fingerprint density at radius 1 is 1.71 bits per heavy atom. The Kier molecular flexibility index (Phi) is 3.03. The minimum Gasteiger partial charge on any atom is -0.390 e. The second kappa shape index (κ2) is 4.28. The smallest absolute Gasteiger partial charge is 0.185 e. The number of hydrogen-bond acceptors (Lipinski definition) is 4. The molecule has 78 valence electrons. The molecule has 1 unspecified atom stereocenters. The van der Waals surface area contributed by atoms with Crippen molar-refractivity contribution in [3.8, 4) is 0 Å². The lowest BCUT2D eigenvalue weighted by atomic mass is 10.2. The highest BCUT2D eigenvalue weighted by Gasteiger charge is 2.24. The molecule has 0 radical (unpaired) electrons. The monoisotopic (exact) mass is 212 g/mol. The van der Waals surface area contributed by atoms with Crippen molar-refractivity contribution in [1.82, 2.24) is 4.98 Å². The fourth-order valence-electron chi connectivity index (χ4n) is 2.01. The summed E-state index contributed by atoms with van der Waals surface area (Å²) in [5.74, 6) is 0. The van der Waals surface area contributed by atoms with E-state index in [-0.39, 0.29) is 6.61 Å². The number of anilines is 1. The van der Waals surface area contributed by atoms with Gasteiger partial charge in [-0.1, -0.05) is 6.92 Å².